The molecule has 16 heavy (non-hydrogen) atoms. The number of hydrogen-bond donors (Lipinski definition) is 3. The number of carbonyl (C=O) groups excluding carboxylic acids is 1. The van der Waals surface area contributed by atoms with E-state index >= 15 is 0 Å². The van der Waals surface area contributed by atoms with Gasteiger partial charge in [-0.1, -0.05) is 20.3 Å². The molecule has 0 aliphatic rings. The van der Waals surface area contributed by atoms with Crippen LogP contribution in [0.5, 0.6) is 0 Å². The molecule has 0 saturated carbocycles. The van der Waals surface area contributed by atoms with Crippen LogP contribution in [-0.2, 0) is 9.59 Å². The molecule has 0 radical (unpaired) electrons. The average molecular weight is 230 g/mol. The van der Waals surface area contributed by atoms with Gasteiger partial charge in [0.1, 0.15) is 0 Å². The second-order valence-electron chi connectivity index (χ2n) is 4.01. The zero-order valence-corrected chi connectivity index (χ0v) is 10.0. The van der Waals surface area contributed by atoms with Gasteiger partial charge in [-0.2, -0.15) is 0 Å². The number of hydrogen-bond acceptors (Lipinski definition) is 3. The van der Waals surface area contributed by atoms with Crippen LogP contribution in [0.15, 0.2) is 0 Å². The summed E-state index contributed by atoms with van der Waals surface area (Å²) in [4.78, 5) is 22.0. The van der Waals surface area contributed by atoms with Crippen molar-refractivity contribution in [1.29, 1.82) is 0 Å². The highest BCUT2D eigenvalue weighted by Crippen LogP contribution is 2.10. The van der Waals surface area contributed by atoms with Crippen LogP contribution in [0, 0.1) is 5.92 Å². The summed E-state index contributed by atoms with van der Waals surface area (Å²) in [5.41, 5.74) is 5.55. The molecular weight excluding hydrogens is 208 g/mol. The minimum Gasteiger partial charge on any atom is -0.481 e. The Balaban J connectivity index is 4.00. The van der Waals surface area contributed by atoms with Crippen molar-refractivity contribution in [3.05, 3.63) is 0 Å². The minimum atomic E-state index is -0.826. The van der Waals surface area contributed by atoms with E-state index in [0.29, 0.717) is 13.0 Å². The van der Waals surface area contributed by atoms with E-state index in [1.54, 1.807) is 0 Å². The molecule has 1 unspecified atom stereocenters. The quantitative estimate of drug-likeness (QED) is 0.573. The summed E-state index contributed by atoms with van der Waals surface area (Å²) < 4.78 is 0. The van der Waals surface area contributed by atoms with E-state index in [2.05, 4.69) is 5.32 Å². The molecule has 4 N–H and O–H groups in total. The summed E-state index contributed by atoms with van der Waals surface area (Å²) in [6.45, 7) is 4.23. The summed E-state index contributed by atoms with van der Waals surface area (Å²) in [6.07, 6.45) is 2.39. The smallest absolute Gasteiger partial charge is 0.303 e. The Hall–Kier alpha value is -1.10. The lowest BCUT2D eigenvalue weighted by molar-refractivity contribution is -0.138. The summed E-state index contributed by atoms with van der Waals surface area (Å²) in [7, 11) is 0. The van der Waals surface area contributed by atoms with Crippen LogP contribution in [0.25, 0.3) is 0 Å². The number of amides is 1. The van der Waals surface area contributed by atoms with E-state index in [0.717, 1.165) is 12.8 Å². The molecule has 0 saturated heterocycles. The first-order valence-electron chi connectivity index (χ1n) is 5.76. The Morgan fingerprint density at radius 2 is 2.00 bits per heavy atom. The van der Waals surface area contributed by atoms with Gasteiger partial charge in [0, 0.05) is 13.0 Å². The molecule has 0 spiro atoms. The molecule has 0 aromatic carbocycles. The van der Waals surface area contributed by atoms with E-state index in [1.807, 2.05) is 13.8 Å². The molecule has 5 nitrogen and oxygen atoms in total. The van der Waals surface area contributed by atoms with Gasteiger partial charge in [-0.05, 0) is 18.8 Å². The molecule has 0 heterocycles. The van der Waals surface area contributed by atoms with Crippen LogP contribution in [0.3, 0.4) is 0 Å². The standard InChI is InChI=1S/C11H22N2O3/c1-3-5-8(6-10(14)15)7-13-11(16)9(12)4-2/h8-9H,3-7,12H2,1-2H3,(H,13,16)(H,14,15)/t8?,9-/m0/s1. The van der Waals surface area contributed by atoms with Crippen molar-refractivity contribution < 1.29 is 14.7 Å². The zero-order valence-electron chi connectivity index (χ0n) is 10.0. The van der Waals surface area contributed by atoms with Gasteiger partial charge in [0.05, 0.1) is 6.04 Å². The fourth-order valence-corrected chi connectivity index (χ4v) is 1.49. The van der Waals surface area contributed by atoms with Crippen LogP contribution in [0.4, 0.5) is 0 Å². The first-order chi connectivity index (χ1) is 7.51. The van der Waals surface area contributed by atoms with Crippen LogP contribution >= 0.6 is 0 Å². The average Bonchev–Trinajstić information content (AvgIpc) is 2.23. The van der Waals surface area contributed by atoms with Crippen LogP contribution in [0.2, 0.25) is 0 Å². The van der Waals surface area contributed by atoms with Crippen molar-refractivity contribution in [2.45, 2.75) is 45.6 Å². The second kappa shape index (κ2) is 8.10. The largest absolute Gasteiger partial charge is 0.481 e. The van der Waals surface area contributed by atoms with Crippen molar-refractivity contribution in [2.75, 3.05) is 6.54 Å². The third-order valence-corrected chi connectivity index (χ3v) is 2.50. The Labute approximate surface area is 96.4 Å². The Morgan fingerprint density at radius 3 is 2.44 bits per heavy atom. The van der Waals surface area contributed by atoms with Crippen molar-refractivity contribution in [2.24, 2.45) is 11.7 Å². The second-order valence-corrected chi connectivity index (χ2v) is 4.01. The van der Waals surface area contributed by atoms with Crippen molar-refractivity contribution >= 4 is 11.9 Å². The number of nitrogens with one attached hydrogen (secondary N) is 1. The van der Waals surface area contributed by atoms with E-state index in [9.17, 15) is 9.59 Å². The lowest BCUT2D eigenvalue weighted by Gasteiger charge is -2.16. The molecule has 0 aliphatic carbocycles. The SMILES string of the molecule is CCCC(CNC(=O)[C@@H](N)CC)CC(=O)O. The highest BCUT2D eigenvalue weighted by Gasteiger charge is 2.15. The van der Waals surface area contributed by atoms with E-state index in [1.165, 1.54) is 0 Å². The maximum atomic E-state index is 11.4. The number of carbonyl (C=O) groups is 2. The molecule has 0 fully saturated rings. The molecule has 1 amide bonds. The molecule has 2 atom stereocenters. The monoisotopic (exact) mass is 230 g/mol. The number of carboxylic acids is 1. The first-order valence-corrected chi connectivity index (χ1v) is 5.76. The van der Waals surface area contributed by atoms with E-state index in [4.69, 9.17) is 10.8 Å². The summed E-state index contributed by atoms with van der Waals surface area (Å²) in [5.74, 6) is -1.03. The fourth-order valence-electron chi connectivity index (χ4n) is 1.49. The van der Waals surface area contributed by atoms with Gasteiger partial charge in [0.25, 0.3) is 0 Å². The Bertz CT molecular complexity index is 231. The summed E-state index contributed by atoms with van der Waals surface area (Å²) in [5, 5.41) is 11.4. The maximum Gasteiger partial charge on any atom is 0.303 e. The van der Waals surface area contributed by atoms with E-state index in [-0.39, 0.29) is 18.2 Å². The predicted octanol–water partition coefficient (Wildman–Crippen LogP) is 0.731. The Kier molecular flexibility index (Phi) is 7.54. The molecule has 5 heteroatoms. The van der Waals surface area contributed by atoms with Crippen molar-refractivity contribution in [3.63, 3.8) is 0 Å². The highest BCUT2D eigenvalue weighted by atomic mass is 16.4. The summed E-state index contributed by atoms with van der Waals surface area (Å²) >= 11 is 0. The molecule has 0 aliphatic heterocycles. The van der Waals surface area contributed by atoms with E-state index < -0.39 is 12.0 Å². The Morgan fingerprint density at radius 1 is 1.38 bits per heavy atom. The number of rotatable bonds is 8. The third-order valence-electron chi connectivity index (χ3n) is 2.50. The van der Waals surface area contributed by atoms with Crippen LogP contribution in [0.1, 0.15) is 39.5 Å². The van der Waals surface area contributed by atoms with Gasteiger partial charge in [0.2, 0.25) is 5.91 Å². The maximum absolute atomic E-state index is 11.4. The number of nitrogens with two attached hydrogens (primary N) is 1. The molecule has 0 aromatic heterocycles. The predicted molar refractivity (Wildman–Crippen MR) is 61.9 cm³/mol. The molecular formula is C11H22N2O3. The topological polar surface area (TPSA) is 92.4 Å². The number of aliphatic carboxylic acids is 1. The summed E-state index contributed by atoms with van der Waals surface area (Å²) in [6, 6.07) is -0.493. The van der Waals surface area contributed by atoms with Gasteiger partial charge in [0.15, 0.2) is 0 Å². The highest BCUT2D eigenvalue weighted by molar-refractivity contribution is 5.81. The normalized spacial score (nSPS) is 14.2. The van der Waals surface area contributed by atoms with Gasteiger partial charge in [-0.15, -0.1) is 0 Å². The zero-order chi connectivity index (χ0) is 12.6. The van der Waals surface area contributed by atoms with Gasteiger partial charge in [-0.3, -0.25) is 9.59 Å². The van der Waals surface area contributed by atoms with Gasteiger partial charge in [-0.25, -0.2) is 0 Å². The number of carboxylic acid groups (broad SMARTS) is 1. The molecule has 0 rings (SSSR count). The van der Waals surface area contributed by atoms with Crippen LogP contribution in [-0.4, -0.2) is 29.6 Å². The lowest BCUT2D eigenvalue weighted by Crippen LogP contribution is -2.42. The van der Waals surface area contributed by atoms with Crippen molar-refractivity contribution in [1.82, 2.24) is 5.32 Å². The molecule has 0 bridgehead atoms. The van der Waals surface area contributed by atoms with Gasteiger partial charge < -0.3 is 16.2 Å². The van der Waals surface area contributed by atoms with Crippen molar-refractivity contribution in [3.8, 4) is 0 Å². The minimum absolute atomic E-state index is 0.00416. The molecule has 0 aromatic rings. The third kappa shape index (κ3) is 6.40. The molecule has 94 valence electrons. The lowest BCUT2D eigenvalue weighted by atomic mass is 10.00. The van der Waals surface area contributed by atoms with Crippen LogP contribution < -0.4 is 11.1 Å². The fraction of sp³-hybridized carbons (Fsp3) is 0.818. The first kappa shape index (κ1) is 14.9. The van der Waals surface area contributed by atoms with Gasteiger partial charge >= 0.3 is 5.97 Å².